The zero-order chi connectivity index (χ0) is 13.5. The fourth-order valence-corrected chi connectivity index (χ4v) is 1.94. The van der Waals surface area contributed by atoms with Crippen molar-refractivity contribution in [2.75, 3.05) is 6.61 Å². The summed E-state index contributed by atoms with van der Waals surface area (Å²) in [7, 11) is 0. The Labute approximate surface area is 113 Å². The van der Waals surface area contributed by atoms with Crippen molar-refractivity contribution in [1.82, 2.24) is 9.97 Å². The van der Waals surface area contributed by atoms with Crippen molar-refractivity contribution in [2.24, 2.45) is 0 Å². The lowest BCUT2D eigenvalue weighted by Crippen LogP contribution is -1.98. The number of H-pyrrole nitrogens is 1. The number of aliphatic hydroxyl groups is 1. The monoisotopic (exact) mass is 260 g/mol. The van der Waals surface area contributed by atoms with Crippen molar-refractivity contribution in [3.63, 3.8) is 0 Å². The minimum Gasteiger partial charge on any atom is -0.390 e. The summed E-state index contributed by atoms with van der Waals surface area (Å²) in [6.07, 6.45) is 1.76. The molecule has 2 aromatic rings. The molecule has 4 heteroatoms. The molecular formula is C15H20N2O2. The molecule has 0 atom stereocenters. The molecule has 19 heavy (non-hydrogen) atoms. The lowest BCUT2D eigenvalue weighted by molar-refractivity contribution is 0.118. The Morgan fingerprint density at radius 1 is 1.26 bits per heavy atom. The molecule has 1 aromatic carbocycles. The van der Waals surface area contributed by atoms with Gasteiger partial charge in [-0.15, -0.1) is 0 Å². The van der Waals surface area contributed by atoms with E-state index in [1.165, 1.54) is 5.56 Å². The van der Waals surface area contributed by atoms with Gasteiger partial charge in [-0.2, -0.15) is 0 Å². The van der Waals surface area contributed by atoms with Crippen molar-refractivity contribution < 1.29 is 9.84 Å². The van der Waals surface area contributed by atoms with E-state index in [4.69, 9.17) is 9.84 Å². The molecule has 2 rings (SSSR count). The molecule has 2 N–H and O–H groups in total. The molecule has 0 unspecified atom stereocenters. The van der Waals surface area contributed by atoms with Crippen LogP contribution < -0.4 is 0 Å². The predicted octanol–water partition coefficient (Wildman–Crippen LogP) is 2.36. The summed E-state index contributed by atoms with van der Waals surface area (Å²) in [5.41, 5.74) is 2.88. The number of aromatic nitrogens is 2. The SMILES string of the molecule is Cc1[nH]c(CCCOCc2ccccc2)nc1CO. The van der Waals surface area contributed by atoms with Gasteiger partial charge in [0.25, 0.3) is 0 Å². The molecular weight excluding hydrogens is 240 g/mol. The maximum atomic E-state index is 9.06. The molecule has 0 saturated carbocycles. The summed E-state index contributed by atoms with van der Waals surface area (Å²) < 4.78 is 5.61. The molecule has 0 aliphatic rings. The quantitative estimate of drug-likeness (QED) is 0.751. The maximum Gasteiger partial charge on any atom is 0.106 e. The third kappa shape index (κ3) is 4.19. The lowest BCUT2D eigenvalue weighted by atomic mass is 10.2. The minimum atomic E-state index is -0.00710. The van der Waals surface area contributed by atoms with Crippen LogP contribution in [0.15, 0.2) is 30.3 Å². The van der Waals surface area contributed by atoms with Gasteiger partial charge in [-0.25, -0.2) is 4.98 Å². The Morgan fingerprint density at radius 3 is 2.74 bits per heavy atom. The average Bonchev–Trinajstić information content (AvgIpc) is 2.80. The van der Waals surface area contributed by atoms with E-state index in [1.54, 1.807) is 0 Å². The number of nitrogens with zero attached hydrogens (tertiary/aromatic N) is 1. The van der Waals surface area contributed by atoms with Crippen LogP contribution in [-0.4, -0.2) is 21.7 Å². The highest BCUT2D eigenvalue weighted by molar-refractivity contribution is 5.13. The fraction of sp³-hybridized carbons (Fsp3) is 0.400. The van der Waals surface area contributed by atoms with E-state index in [0.717, 1.165) is 30.1 Å². The van der Waals surface area contributed by atoms with Gasteiger partial charge in [0.15, 0.2) is 0 Å². The van der Waals surface area contributed by atoms with Gasteiger partial charge in [-0.05, 0) is 18.9 Å². The van der Waals surface area contributed by atoms with Crippen molar-refractivity contribution in [3.8, 4) is 0 Å². The van der Waals surface area contributed by atoms with Crippen molar-refractivity contribution in [1.29, 1.82) is 0 Å². The van der Waals surface area contributed by atoms with Crippen LogP contribution in [0.2, 0.25) is 0 Å². The summed E-state index contributed by atoms with van der Waals surface area (Å²) in [5, 5.41) is 9.06. The summed E-state index contributed by atoms with van der Waals surface area (Å²) in [4.78, 5) is 7.50. The van der Waals surface area contributed by atoms with E-state index in [1.807, 2.05) is 25.1 Å². The second kappa shape index (κ2) is 7.07. The third-order valence-corrected chi connectivity index (χ3v) is 3.00. The van der Waals surface area contributed by atoms with Crippen LogP contribution in [0.1, 0.15) is 29.2 Å². The zero-order valence-corrected chi connectivity index (χ0v) is 11.2. The molecule has 0 radical (unpaired) electrons. The molecule has 0 amide bonds. The van der Waals surface area contributed by atoms with Crippen LogP contribution in [0.3, 0.4) is 0 Å². The van der Waals surface area contributed by atoms with E-state index in [9.17, 15) is 0 Å². The van der Waals surface area contributed by atoms with Crippen LogP contribution in [0.25, 0.3) is 0 Å². The topological polar surface area (TPSA) is 58.1 Å². The summed E-state index contributed by atoms with van der Waals surface area (Å²) in [6, 6.07) is 10.1. The summed E-state index contributed by atoms with van der Waals surface area (Å²) in [5.74, 6) is 0.921. The molecule has 0 bridgehead atoms. The Balaban J connectivity index is 1.66. The number of aromatic amines is 1. The number of rotatable bonds is 7. The molecule has 1 heterocycles. The lowest BCUT2D eigenvalue weighted by Gasteiger charge is -2.03. The van der Waals surface area contributed by atoms with Gasteiger partial charge in [-0.1, -0.05) is 30.3 Å². The number of hydrogen-bond acceptors (Lipinski definition) is 3. The van der Waals surface area contributed by atoms with Crippen molar-refractivity contribution >= 4 is 0 Å². The Kier molecular flexibility index (Phi) is 5.12. The molecule has 0 aliphatic carbocycles. The number of aryl methyl sites for hydroxylation is 2. The van der Waals surface area contributed by atoms with E-state index in [2.05, 4.69) is 22.1 Å². The number of ether oxygens (including phenoxy) is 1. The number of hydrogen-bond donors (Lipinski definition) is 2. The van der Waals surface area contributed by atoms with Crippen LogP contribution >= 0.6 is 0 Å². The second-order valence-corrected chi connectivity index (χ2v) is 4.56. The highest BCUT2D eigenvalue weighted by Gasteiger charge is 2.04. The largest absolute Gasteiger partial charge is 0.390 e. The van der Waals surface area contributed by atoms with Gasteiger partial charge >= 0.3 is 0 Å². The molecule has 0 fully saturated rings. The smallest absolute Gasteiger partial charge is 0.106 e. The van der Waals surface area contributed by atoms with Gasteiger partial charge in [0.05, 0.1) is 18.9 Å². The molecule has 4 nitrogen and oxygen atoms in total. The first-order valence-electron chi connectivity index (χ1n) is 6.56. The van der Waals surface area contributed by atoms with E-state index >= 15 is 0 Å². The van der Waals surface area contributed by atoms with Gasteiger partial charge in [0.2, 0.25) is 0 Å². The fourth-order valence-electron chi connectivity index (χ4n) is 1.94. The van der Waals surface area contributed by atoms with Crippen molar-refractivity contribution in [3.05, 3.63) is 53.1 Å². The first kappa shape index (κ1) is 13.8. The first-order valence-corrected chi connectivity index (χ1v) is 6.56. The van der Waals surface area contributed by atoms with Gasteiger partial charge < -0.3 is 14.8 Å². The van der Waals surface area contributed by atoms with Gasteiger partial charge in [-0.3, -0.25) is 0 Å². The molecule has 1 aromatic heterocycles. The average molecular weight is 260 g/mol. The highest BCUT2D eigenvalue weighted by Crippen LogP contribution is 2.07. The second-order valence-electron chi connectivity index (χ2n) is 4.56. The van der Waals surface area contributed by atoms with Crippen LogP contribution in [0, 0.1) is 6.92 Å². The Bertz CT molecular complexity index is 494. The van der Waals surface area contributed by atoms with E-state index in [-0.39, 0.29) is 6.61 Å². The van der Waals surface area contributed by atoms with Gasteiger partial charge in [0.1, 0.15) is 5.82 Å². The molecule has 102 valence electrons. The first-order chi connectivity index (χ1) is 9.29. The number of imidazole rings is 1. The Morgan fingerprint density at radius 2 is 2.05 bits per heavy atom. The molecule has 0 aliphatic heterocycles. The van der Waals surface area contributed by atoms with E-state index in [0.29, 0.717) is 13.2 Å². The normalized spacial score (nSPS) is 10.8. The number of nitrogens with one attached hydrogen (secondary N) is 1. The van der Waals surface area contributed by atoms with Crippen LogP contribution in [-0.2, 0) is 24.4 Å². The molecule has 0 saturated heterocycles. The summed E-state index contributed by atoms with van der Waals surface area (Å²) >= 11 is 0. The number of benzene rings is 1. The summed E-state index contributed by atoms with van der Waals surface area (Å²) in [6.45, 7) is 3.28. The maximum absolute atomic E-state index is 9.06. The van der Waals surface area contributed by atoms with Gasteiger partial charge in [0, 0.05) is 18.7 Å². The third-order valence-electron chi connectivity index (χ3n) is 3.00. The Hall–Kier alpha value is -1.65. The highest BCUT2D eigenvalue weighted by atomic mass is 16.5. The van der Waals surface area contributed by atoms with Crippen LogP contribution in [0.4, 0.5) is 0 Å². The number of aliphatic hydroxyl groups excluding tert-OH is 1. The van der Waals surface area contributed by atoms with Crippen molar-refractivity contribution in [2.45, 2.75) is 33.0 Å². The zero-order valence-electron chi connectivity index (χ0n) is 11.2. The minimum absolute atomic E-state index is 0.00710. The van der Waals surface area contributed by atoms with E-state index < -0.39 is 0 Å². The standard InChI is InChI=1S/C15H20N2O2/c1-12-14(10-18)17-15(16-12)8-5-9-19-11-13-6-3-2-4-7-13/h2-4,6-7,18H,5,8-11H2,1H3,(H,16,17). The molecule has 0 spiro atoms. The predicted molar refractivity (Wildman–Crippen MR) is 73.7 cm³/mol. The van der Waals surface area contributed by atoms with Crippen LogP contribution in [0.5, 0.6) is 0 Å².